The zero-order valence-corrected chi connectivity index (χ0v) is 15.9. The van der Waals surface area contributed by atoms with Gasteiger partial charge in [-0.3, -0.25) is 4.79 Å². The van der Waals surface area contributed by atoms with Gasteiger partial charge < -0.3 is 24.6 Å². The Hall–Kier alpha value is -2.68. The Labute approximate surface area is 160 Å². The largest absolute Gasteiger partial charge is 0.511 e. The second-order valence-electron chi connectivity index (χ2n) is 8.01. The van der Waals surface area contributed by atoms with Crippen LogP contribution in [0.15, 0.2) is 17.1 Å². The molecule has 8 nitrogen and oxygen atoms in total. The van der Waals surface area contributed by atoms with E-state index in [1.165, 1.54) is 6.20 Å². The number of halogens is 1. The van der Waals surface area contributed by atoms with Crippen LogP contribution in [0.2, 0.25) is 0 Å². The molecule has 2 fully saturated rings. The average Bonchev–Trinajstić information content (AvgIpc) is 3.40. The first-order valence-electron chi connectivity index (χ1n) is 9.37. The van der Waals surface area contributed by atoms with Crippen molar-refractivity contribution in [3.8, 4) is 5.75 Å². The molecule has 2 N–H and O–H groups in total. The van der Waals surface area contributed by atoms with Gasteiger partial charge in [0.15, 0.2) is 17.4 Å². The molecule has 1 saturated carbocycles. The molecular formula is C19H23FN4O4. The number of pyridine rings is 2. The first kappa shape index (κ1) is 18.7. The molecule has 2 aliphatic rings. The minimum absolute atomic E-state index is 0.0210. The number of aromatic nitrogens is 2. The number of ether oxygens (including phenoxy) is 1. The molecule has 0 aromatic carbocycles. The highest BCUT2D eigenvalue weighted by Crippen LogP contribution is 2.39. The van der Waals surface area contributed by atoms with E-state index in [1.54, 1.807) is 4.57 Å². The van der Waals surface area contributed by atoms with E-state index in [2.05, 4.69) is 22.0 Å². The summed E-state index contributed by atoms with van der Waals surface area (Å²) in [6.45, 7) is 4.32. The lowest BCUT2D eigenvalue weighted by atomic mass is 9.90. The van der Waals surface area contributed by atoms with Crippen molar-refractivity contribution in [1.29, 1.82) is 0 Å². The van der Waals surface area contributed by atoms with Crippen LogP contribution >= 0.6 is 0 Å². The summed E-state index contributed by atoms with van der Waals surface area (Å²) in [4.78, 5) is 29.9. The van der Waals surface area contributed by atoms with Crippen LogP contribution in [-0.2, 0) is 0 Å². The molecule has 3 heterocycles. The lowest BCUT2D eigenvalue weighted by Gasteiger charge is -2.25. The van der Waals surface area contributed by atoms with Crippen molar-refractivity contribution in [2.45, 2.75) is 32.2 Å². The Morgan fingerprint density at radius 3 is 2.89 bits per heavy atom. The molecule has 9 heteroatoms. The number of hydrogen-bond acceptors (Lipinski definition) is 6. The van der Waals surface area contributed by atoms with Crippen LogP contribution in [0.3, 0.4) is 0 Å². The third kappa shape index (κ3) is 3.30. The molecule has 1 saturated heterocycles. The van der Waals surface area contributed by atoms with E-state index in [0.29, 0.717) is 18.7 Å². The molecule has 2 aromatic heterocycles. The predicted molar refractivity (Wildman–Crippen MR) is 102 cm³/mol. The average molecular weight is 390 g/mol. The Kier molecular flexibility index (Phi) is 4.49. The highest BCUT2D eigenvalue weighted by Gasteiger charge is 2.35. The minimum atomic E-state index is -1.58. The van der Waals surface area contributed by atoms with Crippen LogP contribution in [-0.4, -0.2) is 47.5 Å². The molecule has 0 amide bonds. The highest BCUT2D eigenvalue weighted by molar-refractivity contribution is 5.80. The standard InChI is InChI=1S/C19H23FN4O4/c1-19(9-21-2)5-6-23(10-19)17-13(20)7-12-15(25)14(28-18(26)27)8-24(11-3-4-11)16(12)22-17/h7-8,11,21H,3-6,9-10H2,1-2H3,(H,26,27). The SMILES string of the molecule is CNCC1(C)CCN(c2nc3c(cc2F)c(=O)c(OC(=O)O)cn3C2CC2)C1. The van der Waals surface area contributed by atoms with Crippen LogP contribution in [0, 0.1) is 11.2 Å². The summed E-state index contributed by atoms with van der Waals surface area (Å²) in [7, 11) is 1.90. The normalized spacial score (nSPS) is 22.0. The zero-order valence-electron chi connectivity index (χ0n) is 15.9. The molecule has 2 aromatic rings. The van der Waals surface area contributed by atoms with Gasteiger partial charge in [-0.05, 0) is 37.8 Å². The third-order valence-electron chi connectivity index (χ3n) is 5.51. The smallest absolute Gasteiger partial charge is 0.449 e. The lowest BCUT2D eigenvalue weighted by molar-refractivity contribution is 0.143. The summed E-state index contributed by atoms with van der Waals surface area (Å²) in [5, 5.41) is 12.1. The van der Waals surface area contributed by atoms with Crippen molar-refractivity contribution in [3.05, 3.63) is 28.3 Å². The van der Waals surface area contributed by atoms with Crippen molar-refractivity contribution in [1.82, 2.24) is 14.9 Å². The molecule has 4 rings (SSSR count). The molecule has 150 valence electrons. The summed E-state index contributed by atoms with van der Waals surface area (Å²) in [5.41, 5.74) is -0.287. The molecule has 0 bridgehead atoms. The minimum Gasteiger partial charge on any atom is -0.449 e. The van der Waals surface area contributed by atoms with Gasteiger partial charge in [0.05, 0.1) is 11.6 Å². The van der Waals surface area contributed by atoms with Crippen molar-refractivity contribution in [2.75, 3.05) is 31.6 Å². The number of fused-ring (bicyclic) bond motifs is 1. The number of anilines is 1. The second-order valence-corrected chi connectivity index (χ2v) is 8.01. The van der Waals surface area contributed by atoms with Crippen LogP contribution in [0.5, 0.6) is 5.75 Å². The van der Waals surface area contributed by atoms with Gasteiger partial charge in [0.25, 0.3) is 0 Å². The van der Waals surface area contributed by atoms with Crippen LogP contribution in [0.25, 0.3) is 11.0 Å². The summed E-state index contributed by atoms with van der Waals surface area (Å²) < 4.78 is 21.3. The van der Waals surface area contributed by atoms with Gasteiger partial charge in [-0.1, -0.05) is 6.92 Å². The topological polar surface area (TPSA) is 96.7 Å². The zero-order chi connectivity index (χ0) is 20.1. The van der Waals surface area contributed by atoms with Crippen molar-refractivity contribution in [2.24, 2.45) is 5.41 Å². The van der Waals surface area contributed by atoms with Crippen molar-refractivity contribution >= 4 is 23.0 Å². The van der Waals surface area contributed by atoms with Gasteiger partial charge in [-0.25, -0.2) is 14.2 Å². The monoisotopic (exact) mass is 390 g/mol. The van der Waals surface area contributed by atoms with E-state index in [1.807, 2.05) is 11.9 Å². The van der Waals surface area contributed by atoms with Gasteiger partial charge in [0.2, 0.25) is 5.43 Å². The Bertz CT molecular complexity index is 1000. The van der Waals surface area contributed by atoms with Crippen LogP contribution in [0.4, 0.5) is 15.0 Å². The van der Waals surface area contributed by atoms with Gasteiger partial charge in [-0.2, -0.15) is 0 Å². The number of hydrogen-bond donors (Lipinski definition) is 2. The molecule has 0 radical (unpaired) electrons. The number of nitrogens with zero attached hydrogens (tertiary/aromatic N) is 3. The molecule has 1 aliphatic carbocycles. The summed E-state index contributed by atoms with van der Waals surface area (Å²) in [6, 6.07) is 1.26. The maximum Gasteiger partial charge on any atom is 0.511 e. The van der Waals surface area contributed by atoms with E-state index in [4.69, 9.17) is 5.11 Å². The Morgan fingerprint density at radius 2 is 2.25 bits per heavy atom. The summed E-state index contributed by atoms with van der Waals surface area (Å²) in [5.74, 6) is -0.690. The van der Waals surface area contributed by atoms with E-state index >= 15 is 0 Å². The molecule has 1 atom stereocenters. The predicted octanol–water partition coefficient (Wildman–Crippen LogP) is 2.36. The van der Waals surface area contributed by atoms with Gasteiger partial charge in [-0.15, -0.1) is 0 Å². The first-order valence-corrected chi connectivity index (χ1v) is 9.37. The maximum atomic E-state index is 14.9. The van der Waals surface area contributed by atoms with Gasteiger partial charge >= 0.3 is 6.16 Å². The lowest BCUT2D eigenvalue weighted by Crippen LogP contribution is -2.33. The molecule has 1 aliphatic heterocycles. The number of carboxylic acid groups (broad SMARTS) is 1. The van der Waals surface area contributed by atoms with Gasteiger partial charge in [0.1, 0.15) is 5.65 Å². The fourth-order valence-electron chi connectivity index (χ4n) is 4.01. The van der Waals surface area contributed by atoms with E-state index < -0.39 is 17.4 Å². The van der Waals surface area contributed by atoms with E-state index in [0.717, 1.165) is 31.9 Å². The molecule has 1 unspecified atom stereocenters. The number of rotatable bonds is 5. The van der Waals surface area contributed by atoms with Gasteiger partial charge in [0, 0.05) is 25.7 Å². The third-order valence-corrected chi connectivity index (χ3v) is 5.51. The fourth-order valence-corrected chi connectivity index (χ4v) is 4.01. The quantitative estimate of drug-likeness (QED) is 0.757. The van der Waals surface area contributed by atoms with E-state index in [9.17, 15) is 14.0 Å². The molecule has 0 spiro atoms. The Balaban J connectivity index is 1.81. The van der Waals surface area contributed by atoms with Crippen LogP contribution < -0.4 is 20.4 Å². The maximum absolute atomic E-state index is 14.9. The van der Waals surface area contributed by atoms with Crippen LogP contribution in [0.1, 0.15) is 32.2 Å². The molecule has 28 heavy (non-hydrogen) atoms. The molecular weight excluding hydrogens is 367 g/mol. The van der Waals surface area contributed by atoms with Crippen molar-refractivity contribution < 1.29 is 19.0 Å². The summed E-state index contributed by atoms with van der Waals surface area (Å²) in [6.07, 6.45) is 2.49. The first-order chi connectivity index (χ1) is 13.3. The van der Waals surface area contributed by atoms with Crippen molar-refractivity contribution in [3.63, 3.8) is 0 Å². The fraction of sp³-hybridized carbons (Fsp3) is 0.526. The number of carbonyl (C=O) groups is 1. The second kappa shape index (κ2) is 6.73. The summed E-state index contributed by atoms with van der Waals surface area (Å²) >= 11 is 0. The Morgan fingerprint density at radius 1 is 1.50 bits per heavy atom. The number of nitrogens with one attached hydrogen (secondary N) is 1. The van der Waals surface area contributed by atoms with E-state index in [-0.39, 0.29) is 28.4 Å². The highest BCUT2D eigenvalue weighted by atomic mass is 19.1.